The minimum absolute atomic E-state index is 0.0838. The van der Waals surface area contributed by atoms with Gasteiger partial charge in [0.1, 0.15) is 5.75 Å². The van der Waals surface area contributed by atoms with Crippen molar-refractivity contribution in [3.8, 4) is 5.75 Å². The lowest BCUT2D eigenvalue weighted by molar-refractivity contribution is -0.116. The lowest BCUT2D eigenvalue weighted by Gasteiger charge is -2.13. The Kier molecular flexibility index (Phi) is 8.75. The predicted octanol–water partition coefficient (Wildman–Crippen LogP) is 3.15. The second-order valence-corrected chi connectivity index (χ2v) is 7.41. The van der Waals surface area contributed by atoms with Crippen LogP contribution in [0.25, 0.3) is 0 Å². The highest BCUT2D eigenvalue weighted by atomic mass is 79.9. The van der Waals surface area contributed by atoms with Crippen molar-refractivity contribution in [2.75, 3.05) is 12.4 Å². The van der Waals surface area contributed by atoms with Gasteiger partial charge in [-0.2, -0.15) is 0 Å². The molecule has 0 heterocycles. The zero-order chi connectivity index (χ0) is 22.1. The van der Waals surface area contributed by atoms with Crippen molar-refractivity contribution in [3.05, 3.63) is 58.1 Å². The molecule has 0 aromatic heterocycles. The summed E-state index contributed by atoms with van der Waals surface area (Å²) in [4.78, 5) is 36.2. The number of hydrogen-bond donors (Lipinski definition) is 4. The molecule has 2 aromatic rings. The third-order valence-electron chi connectivity index (χ3n) is 3.83. The van der Waals surface area contributed by atoms with Gasteiger partial charge in [-0.1, -0.05) is 22.9 Å². The van der Waals surface area contributed by atoms with Crippen LogP contribution in [0, 0.1) is 0 Å². The summed E-state index contributed by atoms with van der Waals surface area (Å²) in [6.07, 6.45) is 1.18. The van der Waals surface area contributed by atoms with Crippen LogP contribution in [0.2, 0.25) is 0 Å². The molecular formula is C20H21BrN4O4S. The van der Waals surface area contributed by atoms with Crippen molar-refractivity contribution in [3.63, 3.8) is 0 Å². The van der Waals surface area contributed by atoms with E-state index in [1.54, 1.807) is 42.5 Å². The van der Waals surface area contributed by atoms with Crippen molar-refractivity contribution in [1.29, 1.82) is 0 Å². The summed E-state index contributed by atoms with van der Waals surface area (Å²) >= 11 is 8.34. The smallest absolute Gasteiger partial charge is 0.269 e. The molecule has 0 saturated heterocycles. The van der Waals surface area contributed by atoms with Crippen molar-refractivity contribution in [1.82, 2.24) is 16.2 Å². The van der Waals surface area contributed by atoms with E-state index >= 15 is 0 Å². The fourth-order valence-corrected chi connectivity index (χ4v) is 2.91. The Morgan fingerprint density at radius 2 is 1.73 bits per heavy atom. The first kappa shape index (κ1) is 23.3. The van der Waals surface area contributed by atoms with Gasteiger partial charge in [-0.3, -0.25) is 30.6 Å². The molecule has 2 aromatic carbocycles. The molecule has 2 rings (SSSR count). The number of ether oxygens (including phenoxy) is 1. The SMILES string of the molecule is CCCC(=O)Nc1ccc(C(=O)NNC(=S)NC(=O)c2cc(Br)ccc2OC)cc1. The van der Waals surface area contributed by atoms with Gasteiger partial charge in [-0.05, 0) is 61.1 Å². The van der Waals surface area contributed by atoms with Gasteiger partial charge < -0.3 is 10.1 Å². The van der Waals surface area contributed by atoms with Gasteiger partial charge in [0.2, 0.25) is 5.91 Å². The van der Waals surface area contributed by atoms with Crippen molar-refractivity contribution < 1.29 is 19.1 Å². The lowest BCUT2D eigenvalue weighted by atomic mass is 10.2. The molecule has 0 saturated carbocycles. The Morgan fingerprint density at radius 1 is 1.03 bits per heavy atom. The van der Waals surface area contributed by atoms with Gasteiger partial charge in [0.25, 0.3) is 11.8 Å². The first-order chi connectivity index (χ1) is 14.3. The molecule has 0 radical (unpaired) electrons. The molecule has 0 bridgehead atoms. The number of benzene rings is 2. The summed E-state index contributed by atoms with van der Waals surface area (Å²) in [5, 5.41) is 5.12. The van der Waals surface area contributed by atoms with E-state index in [4.69, 9.17) is 17.0 Å². The number of rotatable bonds is 6. The number of amides is 3. The number of nitrogens with one attached hydrogen (secondary N) is 4. The van der Waals surface area contributed by atoms with Gasteiger partial charge >= 0.3 is 0 Å². The second kappa shape index (κ2) is 11.3. The number of carbonyl (C=O) groups excluding carboxylic acids is 3. The summed E-state index contributed by atoms with van der Waals surface area (Å²) in [6, 6.07) is 11.4. The molecule has 10 heteroatoms. The van der Waals surface area contributed by atoms with Crippen LogP contribution in [0.1, 0.15) is 40.5 Å². The third-order valence-corrected chi connectivity index (χ3v) is 4.53. The van der Waals surface area contributed by atoms with E-state index in [0.29, 0.717) is 27.9 Å². The fourth-order valence-electron chi connectivity index (χ4n) is 2.40. The summed E-state index contributed by atoms with van der Waals surface area (Å²) < 4.78 is 5.87. The topological polar surface area (TPSA) is 109 Å². The van der Waals surface area contributed by atoms with Crippen LogP contribution in [-0.2, 0) is 4.79 Å². The van der Waals surface area contributed by atoms with Crippen molar-refractivity contribution in [2.24, 2.45) is 0 Å². The average molecular weight is 493 g/mol. The quantitative estimate of drug-likeness (QED) is 0.364. The molecule has 0 atom stereocenters. The number of anilines is 1. The maximum absolute atomic E-state index is 12.4. The molecule has 0 aliphatic carbocycles. The van der Waals surface area contributed by atoms with E-state index in [0.717, 1.165) is 6.42 Å². The number of halogens is 1. The summed E-state index contributed by atoms with van der Waals surface area (Å²) in [6.45, 7) is 1.92. The average Bonchev–Trinajstić information content (AvgIpc) is 2.72. The van der Waals surface area contributed by atoms with E-state index in [-0.39, 0.29) is 16.6 Å². The molecule has 30 heavy (non-hydrogen) atoms. The second-order valence-electron chi connectivity index (χ2n) is 6.08. The summed E-state index contributed by atoms with van der Waals surface area (Å²) in [5.41, 5.74) is 6.11. The Labute approximate surface area is 187 Å². The standard InChI is InChI=1S/C20H21BrN4O4S/c1-3-4-17(26)22-14-8-5-12(6-9-14)18(27)24-25-20(30)23-19(28)15-11-13(21)7-10-16(15)29-2/h5-11H,3-4H2,1-2H3,(H,22,26)(H,24,27)(H2,23,25,28,30). The highest BCUT2D eigenvalue weighted by Gasteiger charge is 2.15. The lowest BCUT2D eigenvalue weighted by Crippen LogP contribution is -2.48. The Balaban J connectivity index is 1.88. The first-order valence-electron chi connectivity index (χ1n) is 8.99. The van der Waals surface area contributed by atoms with Crippen LogP contribution in [0.3, 0.4) is 0 Å². The Hall–Kier alpha value is -2.98. The molecule has 0 fully saturated rings. The van der Waals surface area contributed by atoms with E-state index < -0.39 is 11.8 Å². The summed E-state index contributed by atoms with van der Waals surface area (Å²) in [7, 11) is 1.46. The number of carbonyl (C=O) groups is 3. The highest BCUT2D eigenvalue weighted by Crippen LogP contribution is 2.22. The monoisotopic (exact) mass is 492 g/mol. The molecular weight excluding hydrogens is 472 g/mol. The van der Waals surface area contributed by atoms with E-state index in [1.165, 1.54) is 7.11 Å². The minimum Gasteiger partial charge on any atom is -0.496 e. The van der Waals surface area contributed by atoms with Crippen LogP contribution in [0.5, 0.6) is 5.75 Å². The van der Waals surface area contributed by atoms with Gasteiger partial charge in [-0.15, -0.1) is 0 Å². The maximum Gasteiger partial charge on any atom is 0.269 e. The van der Waals surface area contributed by atoms with Gasteiger partial charge in [0.05, 0.1) is 12.7 Å². The molecule has 0 spiro atoms. The molecule has 8 nitrogen and oxygen atoms in total. The number of thiocarbonyl (C=S) groups is 1. The number of hydrazine groups is 1. The Morgan fingerprint density at radius 3 is 2.37 bits per heavy atom. The molecule has 0 unspecified atom stereocenters. The predicted molar refractivity (Wildman–Crippen MR) is 121 cm³/mol. The van der Waals surface area contributed by atoms with Crippen LogP contribution in [-0.4, -0.2) is 29.9 Å². The normalized spacial score (nSPS) is 9.97. The molecule has 0 aliphatic rings. The van der Waals surface area contributed by atoms with E-state index in [1.807, 2.05) is 6.92 Å². The first-order valence-corrected chi connectivity index (χ1v) is 10.2. The van der Waals surface area contributed by atoms with Gasteiger partial charge in [0.15, 0.2) is 5.11 Å². The van der Waals surface area contributed by atoms with Crippen LogP contribution >= 0.6 is 28.1 Å². The summed E-state index contributed by atoms with van der Waals surface area (Å²) in [5.74, 6) is -0.654. The van der Waals surface area contributed by atoms with Crippen LogP contribution in [0.4, 0.5) is 5.69 Å². The molecule has 0 aliphatic heterocycles. The molecule has 3 amide bonds. The minimum atomic E-state index is -0.493. The number of methoxy groups -OCH3 is 1. The zero-order valence-corrected chi connectivity index (χ0v) is 18.8. The highest BCUT2D eigenvalue weighted by molar-refractivity contribution is 9.10. The maximum atomic E-state index is 12.4. The Bertz CT molecular complexity index is 950. The van der Waals surface area contributed by atoms with Crippen LogP contribution in [0.15, 0.2) is 46.9 Å². The molecule has 4 N–H and O–H groups in total. The third kappa shape index (κ3) is 6.82. The van der Waals surface area contributed by atoms with Crippen molar-refractivity contribution in [2.45, 2.75) is 19.8 Å². The van der Waals surface area contributed by atoms with E-state index in [2.05, 4.69) is 37.4 Å². The van der Waals surface area contributed by atoms with Gasteiger partial charge in [0, 0.05) is 22.1 Å². The van der Waals surface area contributed by atoms with Crippen LogP contribution < -0.4 is 26.2 Å². The number of hydrogen-bond acceptors (Lipinski definition) is 5. The fraction of sp³-hybridized carbons (Fsp3) is 0.200. The van der Waals surface area contributed by atoms with Crippen molar-refractivity contribution >= 4 is 56.7 Å². The van der Waals surface area contributed by atoms with E-state index in [9.17, 15) is 14.4 Å². The molecule has 158 valence electrons. The largest absolute Gasteiger partial charge is 0.496 e. The zero-order valence-electron chi connectivity index (χ0n) is 16.4. The van der Waals surface area contributed by atoms with Gasteiger partial charge in [-0.25, -0.2) is 0 Å².